The van der Waals surface area contributed by atoms with E-state index in [-0.39, 0.29) is 5.56 Å². The summed E-state index contributed by atoms with van der Waals surface area (Å²) in [5.41, 5.74) is 4.09. The maximum atomic E-state index is 11.1. The third kappa shape index (κ3) is 5.67. The summed E-state index contributed by atoms with van der Waals surface area (Å²) in [4.78, 5) is 11.1. The number of carbonyl (C=O) groups is 1. The zero-order valence-electron chi connectivity index (χ0n) is 16.9. The van der Waals surface area contributed by atoms with Crippen LogP contribution in [0.2, 0.25) is 5.02 Å². The van der Waals surface area contributed by atoms with Crippen LogP contribution in [-0.2, 0) is 13.2 Å². The van der Waals surface area contributed by atoms with Gasteiger partial charge in [0.2, 0.25) is 0 Å². The Bertz CT molecular complexity index is 1020. The van der Waals surface area contributed by atoms with E-state index in [1.807, 2.05) is 56.3 Å². The molecule has 0 saturated heterocycles. The molecule has 30 heavy (non-hydrogen) atoms. The molecule has 0 aromatic heterocycles. The highest BCUT2D eigenvalue weighted by atomic mass is 35.5. The van der Waals surface area contributed by atoms with E-state index in [1.54, 1.807) is 18.2 Å². The van der Waals surface area contributed by atoms with Gasteiger partial charge < -0.3 is 19.9 Å². The van der Waals surface area contributed by atoms with Crippen LogP contribution in [0.15, 0.2) is 60.7 Å². The van der Waals surface area contributed by atoms with Crippen LogP contribution in [0.3, 0.4) is 0 Å². The van der Waals surface area contributed by atoms with E-state index in [0.717, 1.165) is 22.4 Å². The van der Waals surface area contributed by atoms with Crippen molar-refractivity contribution in [1.82, 2.24) is 0 Å². The second kappa shape index (κ2) is 10.0. The third-order valence-electron chi connectivity index (χ3n) is 4.57. The van der Waals surface area contributed by atoms with Gasteiger partial charge in [-0.3, -0.25) is 0 Å². The summed E-state index contributed by atoms with van der Waals surface area (Å²) >= 11 is 5.93. The van der Waals surface area contributed by atoms with E-state index >= 15 is 0 Å². The maximum Gasteiger partial charge on any atom is 0.335 e. The number of aryl methyl sites for hydroxylation is 1. The molecule has 0 aliphatic carbocycles. The lowest BCUT2D eigenvalue weighted by Gasteiger charge is -2.15. The average molecular weight is 426 g/mol. The van der Waals surface area contributed by atoms with E-state index in [0.29, 0.717) is 36.3 Å². The summed E-state index contributed by atoms with van der Waals surface area (Å²) in [7, 11) is 0. The molecule has 6 heteroatoms. The number of nitrogens with one attached hydrogen (secondary N) is 1. The summed E-state index contributed by atoms with van der Waals surface area (Å²) in [6.07, 6.45) is 0. The van der Waals surface area contributed by atoms with E-state index in [2.05, 4.69) is 5.32 Å². The Morgan fingerprint density at radius 2 is 1.70 bits per heavy atom. The molecule has 0 fully saturated rings. The molecule has 0 atom stereocenters. The molecule has 0 radical (unpaired) electrons. The Kier molecular flexibility index (Phi) is 7.20. The van der Waals surface area contributed by atoms with E-state index < -0.39 is 5.97 Å². The van der Waals surface area contributed by atoms with Crippen LogP contribution in [0, 0.1) is 6.92 Å². The summed E-state index contributed by atoms with van der Waals surface area (Å²) in [6.45, 7) is 5.34. The summed E-state index contributed by atoms with van der Waals surface area (Å²) in [5.74, 6) is 0.432. The van der Waals surface area contributed by atoms with Crippen LogP contribution in [0.25, 0.3) is 0 Å². The number of carboxylic acids is 1. The van der Waals surface area contributed by atoms with Crippen LogP contribution in [0.5, 0.6) is 11.5 Å². The van der Waals surface area contributed by atoms with Gasteiger partial charge in [0.05, 0.1) is 12.2 Å². The van der Waals surface area contributed by atoms with Gasteiger partial charge in [-0.25, -0.2) is 4.79 Å². The minimum atomic E-state index is -0.930. The molecule has 156 valence electrons. The molecule has 3 rings (SSSR count). The van der Waals surface area contributed by atoms with Gasteiger partial charge >= 0.3 is 5.97 Å². The number of benzene rings is 3. The predicted octanol–water partition coefficient (Wildman–Crippen LogP) is 5.94. The first kappa shape index (κ1) is 21.5. The van der Waals surface area contributed by atoms with E-state index in [4.69, 9.17) is 26.2 Å². The average Bonchev–Trinajstić information content (AvgIpc) is 2.73. The summed E-state index contributed by atoms with van der Waals surface area (Å²) in [5, 5.41) is 13.1. The van der Waals surface area contributed by atoms with Gasteiger partial charge in [0.25, 0.3) is 0 Å². The van der Waals surface area contributed by atoms with Crippen LogP contribution in [0.4, 0.5) is 5.69 Å². The van der Waals surface area contributed by atoms with E-state index in [1.165, 1.54) is 0 Å². The van der Waals surface area contributed by atoms with Gasteiger partial charge in [0, 0.05) is 17.3 Å². The molecule has 3 aromatic rings. The number of hydrogen-bond donors (Lipinski definition) is 2. The zero-order valence-corrected chi connectivity index (χ0v) is 17.7. The molecule has 0 aliphatic rings. The van der Waals surface area contributed by atoms with Gasteiger partial charge in [-0.2, -0.15) is 0 Å². The van der Waals surface area contributed by atoms with Crippen molar-refractivity contribution in [3.05, 3.63) is 87.9 Å². The Morgan fingerprint density at radius 1 is 0.967 bits per heavy atom. The monoisotopic (exact) mass is 425 g/mol. The topological polar surface area (TPSA) is 67.8 Å². The molecule has 0 saturated carbocycles. The van der Waals surface area contributed by atoms with Crippen LogP contribution in [-0.4, -0.2) is 17.7 Å². The van der Waals surface area contributed by atoms with Gasteiger partial charge in [-0.15, -0.1) is 0 Å². The number of rotatable bonds is 9. The third-order valence-corrected chi connectivity index (χ3v) is 4.82. The smallest absolute Gasteiger partial charge is 0.335 e. The number of halogens is 1. The minimum Gasteiger partial charge on any atom is -0.490 e. The Hall–Kier alpha value is -3.18. The first-order valence-corrected chi connectivity index (χ1v) is 10.0. The highest BCUT2D eigenvalue weighted by Gasteiger charge is 2.09. The lowest BCUT2D eigenvalue weighted by molar-refractivity contribution is 0.0697. The summed E-state index contributed by atoms with van der Waals surface area (Å²) < 4.78 is 11.7. The molecule has 0 bridgehead atoms. The van der Waals surface area contributed by atoms with Gasteiger partial charge in [0.1, 0.15) is 6.61 Å². The zero-order chi connectivity index (χ0) is 21.5. The van der Waals surface area contributed by atoms with Crippen LogP contribution in [0.1, 0.15) is 34.0 Å². The lowest BCUT2D eigenvalue weighted by Crippen LogP contribution is -2.05. The Morgan fingerprint density at radius 3 is 2.37 bits per heavy atom. The van der Waals surface area contributed by atoms with Gasteiger partial charge in [0.15, 0.2) is 11.5 Å². The number of carboxylic acid groups (broad SMARTS) is 1. The van der Waals surface area contributed by atoms with Crippen LogP contribution < -0.4 is 14.8 Å². The Labute approximate surface area is 181 Å². The fourth-order valence-electron chi connectivity index (χ4n) is 2.98. The normalized spacial score (nSPS) is 10.5. The molecular formula is C24H24ClNO4. The quantitative estimate of drug-likeness (QED) is 0.444. The van der Waals surface area contributed by atoms with Crippen molar-refractivity contribution in [2.75, 3.05) is 11.9 Å². The van der Waals surface area contributed by atoms with Crippen LogP contribution >= 0.6 is 11.6 Å². The first-order chi connectivity index (χ1) is 14.5. The Balaban J connectivity index is 1.68. The highest BCUT2D eigenvalue weighted by molar-refractivity contribution is 6.30. The van der Waals surface area contributed by atoms with Crippen molar-refractivity contribution in [2.45, 2.75) is 27.0 Å². The van der Waals surface area contributed by atoms with E-state index in [9.17, 15) is 4.79 Å². The standard InChI is InChI=1S/C24H24ClNO4/c1-3-29-23-13-18(14-26-21-10-7-19(24(27)28)12-16(21)2)6-11-22(23)30-15-17-4-8-20(25)9-5-17/h4-13,26H,3,14-15H2,1-2H3,(H,27,28). The fraction of sp³-hybridized carbons (Fsp3) is 0.208. The van der Waals surface area contributed by atoms with Crippen molar-refractivity contribution in [2.24, 2.45) is 0 Å². The number of ether oxygens (including phenoxy) is 2. The number of anilines is 1. The van der Waals surface area contributed by atoms with Crippen molar-refractivity contribution in [3.63, 3.8) is 0 Å². The lowest BCUT2D eigenvalue weighted by atomic mass is 10.1. The van der Waals surface area contributed by atoms with Crippen molar-refractivity contribution < 1.29 is 19.4 Å². The van der Waals surface area contributed by atoms with Gasteiger partial charge in [-0.05, 0) is 73.0 Å². The maximum absolute atomic E-state index is 11.1. The molecule has 0 spiro atoms. The molecule has 0 unspecified atom stereocenters. The molecule has 0 aliphatic heterocycles. The largest absolute Gasteiger partial charge is 0.490 e. The predicted molar refractivity (Wildman–Crippen MR) is 119 cm³/mol. The molecular weight excluding hydrogens is 402 g/mol. The molecule has 0 amide bonds. The molecule has 5 nitrogen and oxygen atoms in total. The molecule has 0 heterocycles. The highest BCUT2D eigenvalue weighted by Crippen LogP contribution is 2.30. The van der Waals surface area contributed by atoms with Crippen molar-refractivity contribution >= 4 is 23.3 Å². The first-order valence-electron chi connectivity index (χ1n) is 9.67. The molecule has 2 N–H and O–H groups in total. The van der Waals surface area contributed by atoms with Crippen molar-refractivity contribution in [1.29, 1.82) is 0 Å². The second-order valence-electron chi connectivity index (χ2n) is 6.82. The molecule has 3 aromatic carbocycles. The summed E-state index contributed by atoms with van der Waals surface area (Å²) in [6, 6.07) is 18.4. The number of aromatic carboxylic acids is 1. The second-order valence-corrected chi connectivity index (χ2v) is 7.25. The SMILES string of the molecule is CCOc1cc(CNc2ccc(C(=O)O)cc2C)ccc1OCc1ccc(Cl)cc1. The van der Waals surface area contributed by atoms with Gasteiger partial charge in [-0.1, -0.05) is 29.8 Å². The number of hydrogen-bond acceptors (Lipinski definition) is 4. The fourth-order valence-corrected chi connectivity index (χ4v) is 3.11. The van der Waals surface area contributed by atoms with Crippen molar-refractivity contribution in [3.8, 4) is 11.5 Å². The minimum absolute atomic E-state index is 0.277.